The van der Waals surface area contributed by atoms with Crippen LogP contribution in [0.3, 0.4) is 0 Å². The van der Waals surface area contributed by atoms with E-state index < -0.39 is 35.0 Å². The summed E-state index contributed by atoms with van der Waals surface area (Å²) >= 11 is 1.26. The van der Waals surface area contributed by atoms with Crippen molar-refractivity contribution in [1.82, 2.24) is 4.57 Å². The monoisotopic (exact) mass is 536 g/mol. The molecule has 2 heterocycles. The summed E-state index contributed by atoms with van der Waals surface area (Å²) in [6.07, 6.45) is -0.182. The summed E-state index contributed by atoms with van der Waals surface area (Å²) in [5.41, 5.74) is 0.642. The zero-order chi connectivity index (χ0) is 27.0. The zero-order valence-corrected chi connectivity index (χ0v) is 21.4. The van der Waals surface area contributed by atoms with Crippen molar-refractivity contribution in [3.63, 3.8) is 0 Å². The first kappa shape index (κ1) is 25.7. The topological polar surface area (TPSA) is 60.3 Å². The standard InChI is InChI=1S/C29H23F3N2O3S/c1-16-19(14-20-21(30)11-7-12-22(20)31)29-34(23(15-38-29)27(35)33-17-8-4-3-5-9-17)28(36)25(16)18-10-6-13-24(37-2)26(18)32/h3-13,23H,14-15H2,1-2H3,(H,33,35). The Balaban J connectivity index is 1.72. The zero-order valence-electron chi connectivity index (χ0n) is 20.6. The smallest absolute Gasteiger partial charge is 0.260 e. The van der Waals surface area contributed by atoms with Gasteiger partial charge < -0.3 is 10.1 Å². The lowest BCUT2D eigenvalue weighted by Gasteiger charge is -2.21. The van der Waals surface area contributed by atoms with Gasteiger partial charge in [-0.3, -0.25) is 14.2 Å². The molecule has 0 saturated heterocycles. The molecular weight excluding hydrogens is 513 g/mol. The van der Waals surface area contributed by atoms with Crippen LogP contribution < -0.4 is 15.6 Å². The summed E-state index contributed by atoms with van der Waals surface area (Å²) in [5.74, 6) is -2.46. The Labute approximate surface area is 221 Å². The number of ether oxygens (including phenoxy) is 1. The van der Waals surface area contributed by atoms with Crippen LogP contribution in [-0.4, -0.2) is 23.3 Å². The fourth-order valence-corrected chi connectivity index (χ4v) is 6.07. The molecule has 1 aliphatic heterocycles. The lowest BCUT2D eigenvalue weighted by molar-refractivity contribution is -0.118. The summed E-state index contributed by atoms with van der Waals surface area (Å²) < 4.78 is 51.2. The Morgan fingerprint density at radius 2 is 1.68 bits per heavy atom. The molecule has 0 fully saturated rings. The number of anilines is 1. The molecule has 194 valence electrons. The summed E-state index contributed by atoms with van der Waals surface area (Å²) in [4.78, 5) is 27.3. The third-order valence-electron chi connectivity index (χ3n) is 6.64. The Hall–Kier alpha value is -3.98. The van der Waals surface area contributed by atoms with Crippen LogP contribution >= 0.6 is 11.8 Å². The van der Waals surface area contributed by atoms with Crippen LogP contribution in [0.2, 0.25) is 0 Å². The highest BCUT2D eigenvalue weighted by Crippen LogP contribution is 2.41. The van der Waals surface area contributed by atoms with Crippen molar-refractivity contribution in [3.05, 3.63) is 111 Å². The molecule has 9 heteroatoms. The Kier molecular flexibility index (Phi) is 7.03. The number of halogens is 3. The minimum absolute atomic E-state index is 0.0110. The molecule has 5 rings (SSSR count). The van der Waals surface area contributed by atoms with Gasteiger partial charge in [0.15, 0.2) is 11.6 Å². The number of benzene rings is 3. The van der Waals surface area contributed by atoms with E-state index in [0.29, 0.717) is 21.8 Å². The minimum atomic E-state index is -0.917. The molecule has 0 spiro atoms. The summed E-state index contributed by atoms with van der Waals surface area (Å²) in [6, 6.07) is 15.9. The SMILES string of the molecule is COc1cccc(-c2c(C)c(Cc3c(F)cccc3F)c3n(c2=O)C(C(=O)Nc2ccccc2)CS3)c1F. The molecular formula is C29H23F3N2O3S. The van der Waals surface area contributed by atoms with Crippen LogP contribution in [0.4, 0.5) is 18.9 Å². The van der Waals surface area contributed by atoms with E-state index in [4.69, 9.17) is 4.74 Å². The lowest BCUT2D eigenvalue weighted by atomic mass is 9.94. The molecule has 3 aromatic carbocycles. The predicted molar refractivity (Wildman–Crippen MR) is 141 cm³/mol. The van der Waals surface area contributed by atoms with E-state index in [1.165, 1.54) is 41.6 Å². The van der Waals surface area contributed by atoms with E-state index in [-0.39, 0.29) is 34.6 Å². The first-order valence-corrected chi connectivity index (χ1v) is 12.8. The third-order valence-corrected chi connectivity index (χ3v) is 7.84. The number of amides is 1. The molecule has 0 saturated carbocycles. The lowest BCUT2D eigenvalue weighted by Crippen LogP contribution is -2.34. The van der Waals surface area contributed by atoms with E-state index >= 15 is 4.39 Å². The number of pyridine rings is 1. The van der Waals surface area contributed by atoms with Gasteiger partial charge in [0, 0.05) is 29.0 Å². The number of methoxy groups -OCH3 is 1. The molecule has 1 aromatic heterocycles. The molecule has 0 bridgehead atoms. The molecule has 5 nitrogen and oxygen atoms in total. The van der Waals surface area contributed by atoms with Gasteiger partial charge >= 0.3 is 0 Å². The summed E-state index contributed by atoms with van der Waals surface area (Å²) in [5, 5.41) is 3.24. The van der Waals surface area contributed by atoms with Crippen molar-refractivity contribution in [2.75, 3.05) is 18.2 Å². The third kappa shape index (κ3) is 4.47. The van der Waals surface area contributed by atoms with E-state index in [9.17, 15) is 18.4 Å². The maximum atomic E-state index is 15.4. The normalized spacial score (nSPS) is 14.3. The van der Waals surface area contributed by atoms with Gasteiger partial charge in [-0.2, -0.15) is 0 Å². The van der Waals surface area contributed by atoms with Gasteiger partial charge in [0.25, 0.3) is 5.56 Å². The number of carbonyl (C=O) groups is 1. The number of nitrogens with zero attached hydrogens (tertiary/aromatic N) is 1. The van der Waals surface area contributed by atoms with Crippen LogP contribution in [0.15, 0.2) is 76.6 Å². The van der Waals surface area contributed by atoms with Gasteiger partial charge in [-0.05, 0) is 48.4 Å². The van der Waals surface area contributed by atoms with Crippen LogP contribution in [-0.2, 0) is 11.2 Å². The van der Waals surface area contributed by atoms with Crippen LogP contribution in [0.5, 0.6) is 5.75 Å². The Morgan fingerprint density at radius 1 is 1.00 bits per heavy atom. The average Bonchev–Trinajstić information content (AvgIpc) is 3.35. The first-order valence-electron chi connectivity index (χ1n) is 11.8. The highest BCUT2D eigenvalue weighted by atomic mass is 32.2. The van der Waals surface area contributed by atoms with Gasteiger partial charge in [-0.25, -0.2) is 13.2 Å². The molecule has 1 atom stereocenters. The second kappa shape index (κ2) is 10.4. The summed E-state index contributed by atoms with van der Waals surface area (Å²) in [6.45, 7) is 1.63. The second-order valence-corrected chi connectivity index (χ2v) is 9.85. The molecule has 1 unspecified atom stereocenters. The number of fused-ring (bicyclic) bond motifs is 1. The largest absolute Gasteiger partial charge is 0.494 e. The first-order chi connectivity index (χ1) is 18.3. The van der Waals surface area contributed by atoms with Gasteiger partial charge in [0.2, 0.25) is 5.91 Å². The number of hydrogen-bond acceptors (Lipinski definition) is 4. The number of aromatic nitrogens is 1. The van der Waals surface area contributed by atoms with E-state index in [0.717, 1.165) is 12.1 Å². The van der Waals surface area contributed by atoms with Crippen molar-refractivity contribution < 1.29 is 22.7 Å². The molecule has 1 amide bonds. The van der Waals surface area contributed by atoms with E-state index in [1.54, 1.807) is 37.3 Å². The van der Waals surface area contributed by atoms with Crippen LogP contribution in [0.1, 0.15) is 22.7 Å². The molecule has 1 aliphatic rings. The predicted octanol–water partition coefficient (Wildman–Crippen LogP) is 6.13. The highest BCUT2D eigenvalue weighted by molar-refractivity contribution is 7.99. The van der Waals surface area contributed by atoms with Gasteiger partial charge in [-0.1, -0.05) is 36.4 Å². The maximum Gasteiger partial charge on any atom is 0.260 e. The molecule has 0 radical (unpaired) electrons. The Bertz CT molecular complexity index is 1590. The fourth-order valence-electron chi connectivity index (χ4n) is 4.71. The maximum absolute atomic E-state index is 15.4. The average molecular weight is 537 g/mol. The quantitative estimate of drug-likeness (QED) is 0.322. The molecule has 0 aliphatic carbocycles. The molecule has 4 aromatic rings. The molecule has 38 heavy (non-hydrogen) atoms. The minimum Gasteiger partial charge on any atom is -0.494 e. The summed E-state index contributed by atoms with van der Waals surface area (Å²) in [7, 11) is 1.32. The van der Waals surface area contributed by atoms with E-state index in [2.05, 4.69) is 5.32 Å². The number of nitrogens with one attached hydrogen (secondary N) is 1. The number of para-hydroxylation sites is 1. The van der Waals surface area contributed by atoms with Crippen molar-refractivity contribution in [1.29, 1.82) is 0 Å². The van der Waals surface area contributed by atoms with Gasteiger partial charge in [-0.15, -0.1) is 11.8 Å². The second-order valence-electron chi connectivity index (χ2n) is 8.84. The molecule has 1 N–H and O–H groups in total. The van der Waals surface area contributed by atoms with E-state index in [1.807, 2.05) is 6.07 Å². The van der Waals surface area contributed by atoms with Crippen molar-refractivity contribution in [2.24, 2.45) is 0 Å². The van der Waals surface area contributed by atoms with Crippen molar-refractivity contribution in [2.45, 2.75) is 24.4 Å². The Morgan fingerprint density at radius 3 is 2.37 bits per heavy atom. The highest BCUT2D eigenvalue weighted by Gasteiger charge is 2.35. The van der Waals surface area contributed by atoms with Crippen LogP contribution in [0.25, 0.3) is 11.1 Å². The fraction of sp³-hybridized carbons (Fsp3) is 0.172. The number of thioether (sulfide) groups is 1. The number of hydrogen-bond donors (Lipinski definition) is 1. The number of carbonyl (C=O) groups excluding carboxylic acids is 1. The van der Waals surface area contributed by atoms with Gasteiger partial charge in [0.1, 0.15) is 17.7 Å². The van der Waals surface area contributed by atoms with Gasteiger partial charge in [0.05, 0.1) is 17.7 Å². The number of rotatable bonds is 6. The van der Waals surface area contributed by atoms with Crippen LogP contribution in [0, 0.1) is 24.4 Å². The van der Waals surface area contributed by atoms with Crippen molar-refractivity contribution in [3.8, 4) is 16.9 Å². The van der Waals surface area contributed by atoms with Crippen molar-refractivity contribution >= 4 is 23.4 Å².